The molecule has 0 aliphatic heterocycles. The van der Waals surface area contributed by atoms with E-state index in [-0.39, 0.29) is 11.1 Å². The molecule has 1 aromatic rings. The molecule has 0 radical (unpaired) electrons. The largest absolute Gasteiger partial charge is 0.507 e. The molecule has 0 spiro atoms. The molecule has 0 saturated heterocycles. The molecule has 5 nitrogen and oxygen atoms in total. The molecule has 0 amide bonds. The Balaban J connectivity index is 3.34. The van der Waals surface area contributed by atoms with Crippen molar-refractivity contribution in [3.8, 4) is 5.75 Å². The third kappa shape index (κ3) is 1.32. The molecule has 0 unspecified atom stereocenters. The fourth-order valence-corrected chi connectivity index (χ4v) is 0.794. The van der Waals surface area contributed by atoms with Gasteiger partial charge in [-0.1, -0.05) is 0 Å². The van der Waals surface area contributed by atoms with Crippen LogP contribution in [0.3, 0.4) is 0 Å². The minimum Gasteiger partial charge on any atom is -0.507 e. The van der Waals surface area contributed by atoms with Crippen molar-refractivity contribution < 1.29 is 19.7 Å². The Bertz CT molecular complexity index is 327. The number of aliphatic hydroxyl groups excluding tert-OH is 2. The molecule has 0 fully saturated rings. The molecule has 0 saturated carbocycles. The summed E-state index contributed by atoms with van der Waals surface area (Å²) in [5, 5.41) is 26.4. The van der Waals surface area contributed by atoms with Crippen LogP contribution in [0.15, 0.2) is 15.5 Å². The summed E-state index contributed by atoms with van der Waals surface area (Å²) in [7, 11) is 0. The minimum atomic E-state index is -0.799. The van der Waals surface area contributed by atoms with Crippen molar-refractivity contribution in [3.05, 3.63) is 27.8 Å². The average molecular weight is 172 g/mol. The molecule has 0 aromatic carbocycles. The van der Waals surface area contributed by atoms with E-state index in [9.17, 15) is 9.90 Å². The SMILES string of the molecule is O=c1occ(CO)c(O)c1CO. The molecule has 0 aliphatic carbocycles. The zero-order valence-electron chi connectivity index (χ0n) is 6.15. The van der Waals surface area contributed by atoms with E-state index < -0.39 is 24.6 Å². The summed E-state index contributed by atoms with van der Waals surface area (Å²) in [5.74, 6) is -0.406. The highest BCUT2D eigenvalue weighted by molar-refractivity contribution is 5.34. The second-order valence-electron chi connectivity index (χ2n) is 2.19. The molecule has 0 aliphatic rings. The molecule has 1 rings (SSSR count). The van der Waals surface area contributed by atoms with Crippen molar-refractivity contribution in [2.24, 2.45) is 0 Å². The smallest absolute Gasteiger partial charge is 0.344 e. The van der Waals surface area contributed by atoms with E-state index in [2.05, 4.69) is 4.42 Å². The van der Waals surface area contributed by atoms with E-state index in [1.165, 1.54) is 0 Å². The van der Waals surface area contributed by atoms with Crippen LogP contribution >= 0.6 is 0 Å². The summed E-state index contributed by atoms with van der Waals surface area (Å²) in [6, 6.07) is 0. The van der Waals surface area contributed by atoms with Crippen LogP contribution < -0.4 is 5.63 Å². The van der Waals surface area contributed by atoms with Crippen molar-refractivity contribution >= 4 is 0 Å². The van der Waals surface area contributed by atoms with E-state index >= 15 is 0 Å². The average Bonchev–Trinajstić information content (AvgIpc) is 2.06. The van der Waals surface area contributed by atoms with Crippen LogP contribution in [-0.4, -0.2) is 15.3 Å². The van der Waals surface area contributed by atoms with Crippen LogP contribution in [0.5, 0.6) is 5.75 Å². The highest BCUT2D eigenvalue weighted by Crippen LogP contribution is 2.18. The van der Waals surface area contributed by atoms with Gasteiger partial charge in [0, 0.05) is 0 Å². The van der Waals surface area contributed by atoms with Crippen LogP contribution in [0.4, 0.5) is 0 Å². The number of hydrogen-bond donors (Lipinski definition) is 3. The van der Waals surface area contributed by atoms with Gasteiger partial charge >= 0.3 is 5.63 Å². The fourth-order valence-electron chi connectivity index (χ4n) is 0.794. The van der Waals surface area contributed by atoms with Gasteiger partial charge < -0.3 is 19.7 Å². The van der Waals surface area contributed by atoms with Gasteiger partial charge in [-0.3, -0.25) is 0 Å². The summed E-state index contributed by atoms with van der Waals surface area (Å²) in [5.41, 5.74) is -0.951. The first-order valence-corrected chi connectivity index (χ1v) is 3.25. The fraction of sp³-hybridized carbons (Fsp3) is 0.286. The third-order valence-electron chi connectivity index (χ3n) is 1.47. The number of aromatic hydroxyl groups is 1. The topological polar surface area (TPSA) is 90.9 Å². The third-order valence-corrected chi connectivity index (χ3v) is 1.47. The summed E-state index contributed by atoms with van der Waals surface area (Å²) in [6.07, 6.45) is 0.955. The highest BCUT2D eigenvalue weighted by Gasteiger charge is 2.11. The monoisotopic (exact) mass is 172 g/mol. The van der Waals surface area contributed by atoms with Gasteiger partial charge in [0.15, 0.2) is 0 Å². The predicted molar refractivity (Wildman–Crippen MR) is 38.5 cm³/mol. The summed E-state index contributed by atoms with van der Waals surface area (Å²) in [4.78, 5) is 10.8. The van der Waals surface area contributed by atoms with Crippen molar-refractivity contribution in [2.75, 3.05) is 0 Å². The lowest BCUT2D eigenvalue weighted by molar-refractivity contribution is 0.251. The Morgan fingerprint density at radius 3 is 2.50 bits per heavy atom. The molecule has 3 N–H and O–H groups in total. The first kappa shape index (κ1) is 8.76. The van der Waals surface area contributed by atoms with Crippen LogP contribution in [0.1, 0.15) is 11.1 Å². The summed E-state index contributed by atoms with van der Waals surface area (Å²) < 4.78 is 4.42. The molecule has 12 heavy (non-hydrogen) atoms. The molecular formula is C7H8O5. The molecule has 0 bridgehead atoms. The highest BCUT2D eigenvalue weighted by atomic mass is 16.4. The Morgan fingerprint density at radius 2 is 2.00 bits per heavy atom. The molecule has 66 valence electrons. The van der Waals surface area contributed by atoms with Gasteiger partial charge in [-0.25, -0.2) is 4.79 Å². The van der Waals surface area contributed by atoms with Gasteiger partial charge in [-0.2, -0.15) is 0 Å². The predicted octanol–water partition coefficient (Wildman–Crippen LogP) is -0.670. The zero-order chi connectivity index (χ0) is 9.14. The van der Waals surface area contributed by atoms with E-state index in [4.69, 9.17) is 10.2 Å². The number of aliphatic hydroxyl groups is 2. The van der Waals surface area contributed by atoms with Crippen LogP contribution in [-0.2, 0) is 13.2 Å². The normalized spacial score (nSPS) is 10.2. The Hall–Kier alpha value is -1.33. The lowest BCUT2D eigenvalue weighted by Gasteiger charge is -2.02. The minimum absolute atomic E-state index is 0.0821. The van der Waals surface area contributed by atoms with Gasteiger partial charge in [0.1, 0.15) is 17.6 Å². The van der Waals surface area contributed by atoms with E-state index in [0.29, 0.717) is 0 Å². The Labute approximate surface area is 67.5 Å². The van der Waals surface area contributed by atoms with Crippen molar-refractivity contribution in [1.82, 2.24) is 0 Å². The maximum absolute atomic E-state index is 10.8. The van der Waals surface area contributed by atoms with Gasteiger partial charge in [0.05, 0.1) is 18.8 Å². The van der Waals surface area contributed by atoms with Crippen molar-refractivity contribution in [2.45, 2.75) is 13.2 Å². The number of rotatable bonds is 2. The maximum Gasteiger partial charge on any atom is 0.344 e. The molecule has 1 aromatic heterocycles. The second kappa shape index (κ2) is 3.38. The first-order valence-electron chi connectivity index (χ1n) is 3.25. The molecule has 1 heterocycles. The summed E-state index contributed by atoms with van der Waals surface area (Å²) >= 11 is 0. The van der Waals surface area contributed by atoms with Crippen LogP contribution in [0, 0.1) is 0 Å². The number of hydrogen-bond acceptors (Lipinski definition) is 5. The van der Waals surface area contributed by atoms with Crippen LogP contribution in [0.25, 0.3) is 0 Å². The molecular weight excluding hydrogens is 164 g/mol. The second-order valence-corrected chi connectivity index (χ2v) is 2.19. The first-order chi connectivity index (χ1) is 5.70. The van der Waals surface area contributed by atoms with Crippen LogP contribution in [0.2, 0.25) is 0 Å². The van der Waals surface area contributed by atoms with Crippen molar-refractivity contribution in [1.29, 1.82) is 0 Å². The lowest BCUT2D eigenvalue weighted by atomic mass is 10.2. The van der Waals surface area contributed by atoms with E-state index in [1.807, 2.05) is 0 Å². The Morgan fingerprint density at radius 1 is 1.33 bits per heavy atom. The quantitative estimate of drug-likeness (QED) is 0.550. The Kier molecular flexibility index (Phi) is 2.47. The molecule has 0 atom stereocenters. The summed E-state index contributed by atoms with van der Waals surface area (Å²) in [6.45, 7) is -1.05. The van der Waals surface area contributed by atoms with E-state index in [1.54, 1.807) is 0 Å². The molecule has 5 heteroatoms. The standard InChI is InChI=1S/C7H8O5/c8-1-4-3-12-7(11)5(2-9)6(4)10/h3,8-10H,1-2H2. The van der Waals surface area contributed by atoms with Gasteiger partial charge in [-0.05, 0) is 0 Å². The van der Waals surface area contributed by atoms with Gasteiger partial charge in [0.25, 0.3) is 0 Å². The van der Waals surface area contributed by atoms with Gasteiger partial charge in [-0.15, -0.1) is 0 Å². The van der Waals surface area contributed by atoms with Crippen molar-refractivity contribution in [3.63, 3.8) is 0 Å². The van der Waals surface area contributed by atoms with E-state index in [0.717, 1.165) is 6.26 Å². The van der Waals surface area contributed by atoms with Gasteiger partial charge in [0.2, 0.25) is 0 Å². The zero-order valence-corrected chi connectivity index (χ0v) is 6.15. The maximum atomic E-state index is 10.8. The lowest BCUT2D eigenvalue weighted by Crippen LogP contribution is -2.08.